The van der Waals surface area contributed by atoms with Gasteiger partial charge in [0.25, 0.3) is 5.91 Å². The first kappa shape index (κ1) is 16.2. The molecule has 3 rings (SSSR count). The van der Waals surface area contributed by atoms with Crippen molar-refractivity contribution in [2.75, 3.05) is 0 Å². The molecule has 126 valence electrons. The van der Waals surface area contributed by atoms with Crippen molar-refractivity contribution in [3.05, 3.63) is 59.3 Å². The number of carbonyl (C=O) groups excluding carboxylic acids is 1. The molecule has 5 nitrogen and oxygen atoms in total. The van der Waals surface area contributed by atoms with Crippen molar-refractivity contribution in [2.45, 2.75) is 37.6 Å². The van der Waals surface area contributed by atoms with Crippen LogP contribution >= 0.6 is 0 Å². The van der Waals surface area contributed by atoms with Crippen LogP contribution in [-0.4, -0.2) is 23.0 Å². The van der Waals surface area contributed by atoms with Crippen LogP contribution in [-0.2, 0) is 0 Å². The number of aromatic carboxylic acids is 1. The normalized spacial score (nSPS) is 20.5. The smallest absolute Gasteiger partial charge is 0.339 e. The largest absolute Gasteiger partial charge is 0.478 e. The predicted molar refractivity (Wildman–Crippen MR) is 84.5 cm³/mol. The van der Waals surface area contributed by atoms with Crippen molar-refractivity contribution in [2.24, 2.45) is 0 Å². The van der Waals surface area contributed by atoms with Gasteiger partial charge >= 0.3 is 5.97 Å². The van der Waals surface area contributed by atoms with Crippen molar-refractivity contribution in [3.8, 4) is 0 Å². The topological polar surface area (TPSA) is 79.5 Å². The molecule has 0 radical (unpaired) electrons. The summed E-state index contributed by atoms with van der Waals surface area (Å²) in [6.45, 7) is 0. The molecular weight excluding hydrogens is 313 g/mol. The Morgan fingerprint density at radius 3 is 2.62 bits per heavy atom. The number of halogens is 1. The van der Waals surface area contributed by atoms with E-state index in [9.17, 15) is 14.0 Å². The quantitative estimate of drug-likeness (QED) is 0.897. The summed E-state index contributed by atoms with van der Waals surface area (Å²) in [4.78, 5) is 23.3. The molecule has 0 spiro atoms. The van der Waals surface area contributed by atoms with Crippen molar-refractivity contribution in [3.63, 3.8) is 0 Å². The third-order valence-electron chi connectivity index (χ3n) is 4.45. The molecule has 0 saturated heterocycles. The Kier molecular flexibility index (Phi) is 4.64. The fourth-order valence-electron chi connectivity index (χ4n) is 3.26. The van der Waals surface area contributed by atoms with Gasteiger partial charge in [0.15, 0.2) is 0 Å². The molecule has 1 fully saturated rings. The molecule has 2 aromatic rings. The molecule has 1 aromatic heterocycles. The number of benzene rings is 1. The van der Waals surface area contributed by atoms with Gasteiger partial charge in [-0.25, -0.2) is 9.18 Å². The molecule has 0 bridgehead atoms. The maximum absolute atomic E-state index is 13.0. The third kappa shape index (κ3) is 3.48. The van der Waals surface area contributed by atoms with Gasteiger partial charge in [-0.15, -0.1) is 0 Å². The van der Waals surface area contributed by atoms with Crippen LogP contribution in [0.1, 0.15) is 58.1 Å². The van der Waals surface area contributed by atoms with Crippen LogP contribution < -0.4 is 5.32 Å². The minimum absolute atomic E-state index is 0.0620. The Balaban J connectivity index is 1.67. The van der Waals surface area contributed by atoms with Crippen LogP contribution in [0.3, 0.4) is 0 Å². The summed E-state index contributed by atoms with van der Waals surface area (Å²) in [5.74, 6) is -1.89. The molecule has 0 aliphatic heterocycles. The summed E-state index contributed by atoms with van der Waals surface area (Å²) in [7, 11) is 0. The molecule has 2 atom stereocenters. The molecule has 1 aliphatic rings. The maximum atomic E-state index is 13.0. The highest BCUT2D eigenvalue weighted by Crippen LogP contribution is 2.33. The Morgan fingerprint density at radius 1 is 1.17 bits per heavy atom. The van der Waals surface area contributed by atoms with Gasteiger partial charge in [0, 0.05) is 6.04 Å². The van der Waals surface area contributed by atoms with Crippen LogP contribution in [0.4, 0.5) is 4.39 Å². The zero-order chi connectivity index (χ0) is 17.1. The Hall–Kier alpha value is -2.63. The van der Waals surface area contributed by atoms with Gasteiger partial charge in [-0.1, -0.05) is 18.6 Å². The van der Waals surface area contributed by atoms with Gasteiger partial charge in [0.2, 0.25) is 5.76 Å². The lowest BCUT2D eigenvalue weighted by Crippen LogP contribution is -2.38. The number of carboxylic acids is 1. The molecule has 1 aliphatic carbocycles. The molecule has 1 aromatic carbocycles. The summed E-state index contributed by atoms with van der Waals surface area (Å²) in [5.41, 5.74) is 0.915. The number of rotatable bonds is 4. The first-order valence-corrected chi connectivity index (χ1v) is 7.91. The summed E-state index contributed by atoms with van der Waals surface area (Å²) in [5, 5.41) is 11.9. The Morgan fingerprint density at radius 2 is 1.92 bits per heavy atom. The third-order valence-corrected chi connectivity index (χ3v) is 4.45. The molecule has 1 heterocycles. The van der Waals surface area contributed by atoms with E-state index in [2.05, 4.69) is 5.32 Å². The second kappa shape index (κ2) is 6.86. The number of hydrogen-bond acceptors (Lipinski definition) is 3. The summed E-state index contributed by atoms with van der Waals surface area (Å²) in [6, 6.07) is 7.64. The van der Waals surface area contributed by atoms with E-state index in [0.29, 0.717) is 0 Å². The van der Waals surface area contributed by atoms with E-state index in [-0.39, 0.29) is 29.1 Å². The number of carbonyl (C=O) groups is 2. The van der Waals surface area contributed by atoms with E-state index in [1.165, 1.54) is 24.5 Å². The zero-order valence-corrected chi connectivity index (χ0v) is 13.0. The Bertz CT molecular complexity index is 738. The van der Waals surface area contributed by atoms with Crippen molar-refractivity contribution in [1.29, 1.82) is 0 Å². The average molecular weight is 331 g/mol. The lowest BCUT2D eigenvalue weighted by molar-refractivity contribution is 0.0686. The number of carboxylic acid groups (broad SMARTS) is 1. The fraction of sp³-hybridized carbons (Fsp3) is 0.333. The van der Waals surface area contributed by atoms with Crippen LogP contribution in [0.2, 0.25) is 0 Å². The molecular formula is C18H18FNO4. The van der Waals surface area contributed by atoms with Crippen LogP contribution in [0, 0.1) is 5.82 Å². The highest BCUT2D eigenvalue weighted by molar-refractivity contribution is 6.02. The minimum atomic E-state index is -1.19. The molecule has 24 heavy (non-hydrogen) atoms. The van der Waals surface area contributed by atoms with E-state index >= 15 is 0 Å². The first-order valence-electron chi connectivity index (χ1n) is 7.91. The van der Waals surface area contributed by atoms with Gasteiger partial charge in [0.05, 0.1) is 6.26 Å². The highest BCUT2D eigenvalue weighted by atomic mass is 19.1. The van der Waals surface area contributed by atoms with Crippen molar-refractivity contribution >= 4 is 11.9 Å². The first-order chi connectivity index (χ1) is 11.5. The van der Waals surface area contributed by atoms with Crippen LogP contribution in [0.5, 0.6) is 0 Å². The van der Waals surface area contributed by atoms with E-state index in [4.69, 9.17) is 9.52 Å². The van der Waals surface area contributed by atoms with Crippen molar-refractivity contribution in [1.82, 2.24) is 5.32 Å². The molecule has 1 saturated carbocycles. The Labute approximate surface area is 138 Å². The number of amides is 1. The van der Waals surface area contributed by atoms with E-state index in [1.54, 1.807) is 12.1 Å². The zero-order valence-electron chi connectivity index (χ0n) is 13.0. The summed E-state index contributed by atoms with van der Waals surface area (Å²) < 4.78 is 18.1. The molecule has 6 heteroatoms. The van der Waals surface area contributed by atoms with Crippen LogP contribution in [0.15, 0.2) is 41.0 Å². The standard InChI is InChI=1S/C18H18FNO4/c19-13-6-4-11(5-7-13)12-2-1-3-14(10-12)20-17(21)16-15(18(22)23)8-9-24-16/h4-9,12,14H,1-3,10H2,(H,20,21)(H,22,23). The maximum Gasteiger partial charge on any atom is 0.339 e. The van der Waals surface area contributed by atoms with Gasteiger partial charge < -0.3 is 14.8 Å². The second-order valence-electron chi connectivity index (χ2n) is 6.05. The SMILES string of the molecule is O=C(O)c1ccoc1C(=O)NC1CCCC(c2ccc(F)cc2)C1. The van der Waals surface area contributed by atoms with E-state index in [0.717, 1.165) is 31.2 Å². The summed E-state index contributed by atoms with van der Waals surface area (Å²) >= 11 is 0. The van der Waals surface area contributed by atoms with Crippen LogP contribution in [0.25, 0.3) is 0 Å². The van der Waals surface area contributed by atoms with Gasteiger partial charge in [-0.3, -0.25) is 4.79 Å². The molecule has 2 N–H and O–H groups in total. The average Bonchev–Trinajstić information content (AvgIpc) is 3.06. The molecule has 1 amide bonds. The van der Waals surface area contributed by atoms with Gasteiger partial charge in [0.1, 0.15) is 11.4 Å². The van der Waals surface area contributed by atoms with Gasteiger partial charge in [-0.05, 0) is 48.9 Å². The second-order valence-corrected chi connectivity index (χ2v) is 6.05. The lowest BCUT2D eigenvalue weighted by atomic mass is 9.81. The number of nitrogens with one attached hydrogen (secondary N) is 1. The fourth-order valence-corrected chi connectivity index (χ4v) is 3.26. The van der Waals surface area contributed by atoms with Crippen molar-refractivity contribution < 1.29 is 23.5 Å². The van der Waals surface area contributed by atoms with E-state index in [1.807, 2.05) is 0 Å². The monoisotopic (exact) mass is 331 g/mol. The predicted octanol–water partition coefficient (Wildman–Crippen LogP) is 3.57. The minimum Gasteiger partial charge on any atom is -0.478 e. The summed E-state index contributed by atoms with van der Waals surface area (Å²) in [6.07, 6.45) is 4.68. The highest BCUT2D eigenvalue weighted by Gasteiger charge is 2.27. The number of hydrogen-bond donors (Lipinski definition) is 2. The van der Waals surface area contributed by atoms with Gasteiger partial charge in [-0.2, -0.15) is 0 Å². The lowest BCUT2D eigenvalue weighted by Gasteiger charge is -2.30. The molecule has 2 unspecified atom stereocenters. The number of furan rings is 1. The van der Waals surface area contributed by atoms with E-state index < -0.39 is 11.9 Å².